The van der Waals surface area contributed by atoms with Gasteiger partial charge in [-0.3, -0.25) is 19.2 Å². The largest absolute Gasteiger partial charge is 0.363 e. The van der Waals surface area contributed by atoms with E-state index in [1.165, 1.54) is 0 Å². The van der Waals surface area contributed by atoms with Crippen LogP contribution in [0.2, 0.25) is 0 Å². The quantitative estimate of drug-likeness (QED) is 0.271. The monoisotopic (exact) mass is 635 g/mol. The summed E-state index contributed by atoms with van der Waals surface area (Å²) >= 11 is 0. The van der Waals surface area contributed by atoms with Crippen LogP contribution in [0.3, 0.4) is 0 Å². The van der Waals surface area contributed by atoms with E-state index >= 15 is 0 Å². The Morgan fingerprint density at radius 1 is 0.978 bits per heavy atom. The highest BCUT2D eigenvalue weighted by atomic mass is 16.2. The summed E-state index contributed by atoms with van der Waals surface area (Å²) in [6.45, 7) is 12.4. The summed E-state index contributed by atoms with van der Waals surface area (Å²) in [5.74, 6) is -2.27. The van der Waals surface area contributed by atoms with Crippen LogP contribution in [0.4, 0.5) is 4.79 Å². The van der Waals surface area contributed by atoms with Crippen LogP contribution in [0.15, 0.2) is 30.3 Å². The SMILES string of the molecule is CC(c1ccccc1)C1(NC(=O)N[C@H](C(=O)N2C[C@H]3[C@@H]([C@H]2C(=O)NC(CC2CC2)C(=O)C(N)=O)C3(C)C)C(C)(C)C)CCCCC1. The maximum atomic E-state index is 14.4. The predicted molar refractivity (Wildman–Crippen MR) is 175 cm³/mol. The first-order chi connectivity index (χ1) is 21.6. The van der Waals surface area contributed by atoms with Gasteiger partial charge in [0, 0.05) is 18.0 Å². The normalized spacial score (nSPS) is 26.6. The van der Waals surface area contributed by atoms with E-state index in [1.807, 2.05) is 39.0 Å². The lowest BCUT2D eigenvalue weighted by Crippen LogP contribution is -2.63. The minimum absolute atomic E-state index is 0.0799. The van der Waals surface area contributed by atoms with Gasteiger partial charge < -0.3 is 26.6 Å². The molecule has 2 unspecified atom stereocenters. The number of urea groups is 1. The van der Waals surface area contributed by atoms with Crippen molar-refractivity contribution in [1.29, 1.82) is 0 Å². The van der Waals surface area contributed by atoms with Gasteiger partial charge in [0.2, 0.25) is 17.6 Å². The Kier molecular flexibility index (Phi) is 9.32. The molecule has 4 aliphatic rings. The van der Waals surface area contributed by atoms with E-state index in [1.54, 1.807) is 4.90 Å². The molecule has 1 heterocycles. The molecule has 0 aromatic heterocycles. The Hall–Kier alpha value is -3.43. The molecule has 1 aromatic carbocycles. The molecule has 5 N–H and O–H groups in total. The van der Waals surface area contributed by atoms with Crippen molar-refractivity contribution in [2.24, 2.45) is 34.3 Å². The maximum Gasteiger partial charge on any atom is 0.315 e. The number of hydrogen-bond acceptors (Lipinski definition) is 5. The summed E-state index contributed by atoms with van der Waals surface area (Å²) < 4.78 is 0. The zero-order chi connectivity index (χ0) is 33.6. The Labute approximate surface area is 273 Å². The van der Waals surface area contributed by atoms with Crippen LogP contribution in [0.5, 0.6) is 0 Å². The predicted octanol–water partition coefficient (Wildman–Crippen LogP) is 4.03. The summed E-state index contributed by atoms with van der Waals surface area (Å²) in [5.41, 5.74) is 5.24. The first-order valence-corrected chi connectivity index (χ1v) is 17.1. The van der Waals surface area contributed by atoms with Gasteiger partial charge in [-0.25, -0.2) is 4.79 Å². The Balaban J connectivity index is 1.35. The molecule has 3 saturated carbocycles. The number of carbonyl (C=O) groups is 5. The molecular formula is C36H53N5O5. The van der Waals surface area contributed by atoms with Gasteiger partial charge in [0.15, 0.2) is 0 Å². The number of fused-ring (bicyclic) bond motifs is 1. The molecular weight excluding hydrogens is 582 g/mol. The number of Topliss-reactive ketones (excluding diaryl/α,β-unsaturated/α-hetero) is 1. The summed E-state index contributed by atoms with van der Waals surface area (Å²) in [6.07, 6.45) is 7.10. The average Bonchev–Trinajstić information content (AvgIpc) is 3.86. The third-order valence-corrected chi connectivity index (χ3v) is 11.5. The zero-order valence-electron chi connectivity index (χ0n) is 28.4. The van der Waals surface area contributed by atoms with Crippen molar-refractivity contribution in [3.05, 3.63) is 35.9 Å². The molecule has 5 amide bonds. The van der Waals surface area contributed by atoms with Crippen LogP contribution < -0.4 is 21.7 Å². The van der Waals surface area contributed by atoms with Crippen molar-refractivity contribution in [2.45, 2.75) is 122 Å². The van der Waals surface area contributed by atoms with Crippen molar-refractivity contribution in [3.63, 3.8) is 0 Å². The molecule has 6 atom stereocenters. The molecule has 252 valence electrons. The summed E-state index contributed by atoms with van der Waals surface area (Å²) in [5, 5.41) is 9.19. The standard InChI is InChI=1S/C36H53N5O5/c1-21(23-13-9-7-10-14-23)36(17-11-8-12-18-36)40-33(46)39-29(34(2,3)4)32(45)41-20-24-26(35(24,5)6)27(41)31(44)38-25(19-22-15-16-22)28(42)30(37)43/h7,9-10,13-14,21-22,24-27,29H,8,11-12,15-20H2,1-6H3,(H2,37,43)(H,38,44)(H2,39,40,46)/t21?,24-,25?,26-,27-,29+/m0/s1. The number of benzene rings is 1. The van der Waals surface area contributed by atoms with Crippen molar-refractivity contribution in [3.8, 4) is 0 Å². The first-order valence-electron chi connectivity index (χ1n) is 17.1. The van der Waals surface area contributed by atoms with Gasteiger partial charge in [-0.15, -0.1) is 0 Å². The fraction of sp³-hybridized carbons (Fsp3) is 0.694. The smallest absolute Gasteiger partial charge is 0.315 e. The van der Waals surface area contributed by atoms with Gasteiger partial charge in [-0.2, -0.15) is 0 Å². The van der Waals surface area contributed by atoms with Gasteiger partial charge in [0.25, 0.3) is 5.91 Å². The number of nitrogens with two attached hydrogens (primary N) is 1. The van der Waals surface area contributed by atoms with Crippen LogP contribution >= 0.6 is 0 Å². The second-order valence-electron chi connectivity index (χ2n) is 16.1. The summed E-state index contributed by atoms with van der Waals surface area (Å²) in [4.78, 5) is 68.3. The molecule has 3 aliphatic carbocycles. The highest BCUT2D eigenvalue weighted by Crippen LogP contribution is 2.65. The third-order valence-electron chi connectivity index (χ3n) is 11.5. The zero-order valence-corrected chi connectivity index (χ0v) is 28.4. The summed E-state index contributed by atoms with van der Waals surface area (Å²) in [7, 11) is 0. The lowest BCUT2D eigenvalue weighted by Gasteiger charge is -2.44. The van der Waals surface area contributed by atoms with Crippen molar-refractivity contribution < 1.29 is 24.0 Å². The fourth-order valence-electron chi connectivity index (χ4n) is 8.28. The number of nitrogens with one attached hydrogen (secondary N) is 3. The molecule has 10 nitrogen and oxygen atoms in total. The fourth-order valence-corrected chi connectivity index (χ4v) is 8.28. The Morgan fingerprint density at radius 2 is 1.61 bits per heavy atom. The number of rotatable bonds is 11. The number of amides is 5. The molecule has 46 heavy (non-hydrogen) atoms. The van der Waals surface area contributed by atoms with Gasteiger partial charge in [-0.05, 0) is 53.4 Å². The van der Waals surface area contributed by atoms with Crippen molar-refractivity contribution in [2.75, 3.05) is 6.54 Å². The molecule has 5 rings (SSSR count). The van der Waals surface area contributed by atoms with E-state index in [0.717, 1.165) is 50.5 Å². The molecule has 0 spiro atoms. The molecule has 1 aromatic rings. The highest BCUT2D eigenvalue weighted by Gasteiger charge is 2.70. The van der Waals surface area contributed by atoms with E-state index in [0.29, 0.717) is 13.0 Å². The number of ketones is 1. The first kappa shape index (κ1) is 33.9. The second-order valence-corrected chi connectivity index (χ2v) is 16.1. The van der Waals surface area contributed by atoms with E-state index in [4.69, 9.17) is 5.73 Å². The molecule has 0 radical (unpaired) electrons. The number of piperidine rings is 1. The molecule has 1 aliphatic heterocycles. The maximum absolute atomic E-state index is 14.4. The number of hydrogen-bond donors (Lipinski definition) is 4. The average molecular weight is 636 g/mol. The van der Waals surface area contributed by atoms with Gasteiger partial charge in [0.05, 0.1) is 6.04 Å². The second kappa shape index (κ2) is 12.6. The van der Waals surface area contributed by atoms with Crippen LogP contribution in [-0.2, 0) is 19.2 Å². The molecule has 10 heteroatoms. The third kappa shape index (κ3) is 6.81. The van der Waals surface area contributed by atoms with Gasteiger partial charge in [-0.1, -0.05) is 104 Å². The van der Waals surface area contributed by atoms with Crippen molar-refractivity contribution >= 4 is 29.5 Å². The molecule has 0 bridgehead atoms. The van der Waals surface area contributed by atoms with E-state index in [2.05, 4.69) is 48.9 Å². The number of likely N-dealkylation sites (tertiary alicyclic amines) is 1. The minimum Gasteiger partial charge on any atom is -0.363 e. The van der Waals surface area contributed by atoms with E-state index < -0.39 is 46.7 Å². The lowest BCUT2D eigenvalue weighted by atomic mass is 9.71. The van der Waals surface area contributed by atoms with Crippen LogP contribution in [-0.4, -0.2) is 64.6 Å². The topological polar surface area (TPSA) is 151 Å². The Bertz CT molecular complexity index is 1340. The summed E-state index contributed by atoms with van der Waals surface area (Å²) in [6, 6.07) is 7.11. The number of primary amides is 1. The molecule has 1 saturated heterocycles. The van der Waals surface area contributed by atoms with Crippen LogP contribution in [0, 0.1) is 28.6 Å². The Morgan fingerprint density at radius 3 is 2.17 bits per heavy atom. The van der Waals surface area contributed by atoms with E-state index in [-0.39, 0.29) is 41.0 Å². The number of carbonyl (C=O) groups excluding carboxylic acids is 5. The van der Waals surface area contributed by atoms with Crippen LogP contribution in [0.25, 0.3) is 0 Å². The lowest BCUT2D eigenvalue weighted by molar-refractivity contribution is -0.145. The molecule has 4 fully saturated rings. The minimum atomic E-state index is -1.07. The number of nitrogens with zero attached hydrogens (tertiary/aromatic N) is 1. The van der Waals surface area contributed by atoms with E-state index in [9.17, 15) is 24.0 Å². The van der Waals surface area contributed by atoms with Crippen molar-refractivity contribution in [1.82, 2.24) is 20.9 Å². The van der Waals surface area contributed by atoms with Crippen LogP contribution in [0.1, 0.15) is 104 Å². The van der Waals surface area contributed by atoms with Gasteiger partial charge >= 0.3 is 6.03 Å². The van der Waals surface area contributed by atoms with Gasteiger partial charge in [0.1, 0.15) is 12.1 Å². The highest BCUT2D eigenvalue weighted by molar-refractivity contribution is 6.37.